The van der Waals surface area contributed by atoms with E-state index in [0.29, 0.717) is 6.54 Å². The predicted molar refractivity (Wildman–Crippen MR) is 71.0 cm³/mol. The first-order chi connectivity index (χ1) is 8.51. The molecule has 0 aliphatic rings. The molecule has 1 aromatic rings. The number of amides is 1. The summed E-state index contributed by atoms with van der Waals surface area (Å²) in [6.45, 7) is 6.21. The summed E-state index contributed by atoms with van der Waals surface area (Å²) in [5.74, 6) is 0.559. The number of carbonyl (C=O) groups excluding carboxylic acids is 1. The highest BCUT2D eigenvalue weighted by atomic mass is 16.5. The van der Waals surface area contributed by atoms with E-state index in [1.807, 2.05) is 19.9 Å². The molecule has 0 aromatic heterocycles. The van der Waals surface area contributed by atoms with Crippen molar-refractivity contribution >= 4 is 5.91 Å². The lowest BCUT2D eigenvalue weighted by molar-refractivity contribution is -0.123. The third kappa shape index (κ3) is 3.23. The van der Waals surface area contributed by atoms with Crippen molar-refractivity contribution in [3.63, 3.8) is 0 Å². The highest BCUT2D eigenvalue weighted by molar-refractivity contribution is 5.76. The van der Waals surface area contributed by atoms with Gasteiger partial charge in [0.1, 0.15) is 12.4 Å². The first-order valence-electron chi connectivity index (χ1n) is 6.02. The average molecular weight is 251 g/mol. The number of aryl methyl sites for hydroxylation is 1. The molecule has 0 saturated heterocycles. The molecule has 0 radical (unpaired) electrons. The second kappa shape index (κ2) is 6.40. The number of rotatable bonds is 5. The largest absolute Gasteiger partial charge is 0.496 e. The summed E-state index contributed by atoms with van der Waals surface area (Å²) in [7, 11) is 1.67. The fourth-order valence-electron chi connectivity index (χ4n) is 2.08. The predicted octanol–water partition coefficient (Wildman–Crippen LogP) is 1.27. The van der Waals surface area contributed by atoms with Gasteiger partial charge in [-0.15, -0.1) is 0 Å². The van der Waals surface area contributed by atoms with Gasteiger partial charge in [-0.3, -0.25) is 4.79 Å². The topological polar surface area (TPSA) is 58.6 Å². The van der Waals surface area contributed by atoms with Crippen LogP contribution in [-0.4, -0.2) is 31.3 Å². The van der Waals surface area contributed by atoms with Crippen molar-refractivity contribution in [2.45, 2.75) is 27.2 Å². The molecule has 0 heterocycles. The monoisotopic (exact) mass is 251 g/mol. The number of hydrogen-bond donors (Lipinski definition) is 2. The smallest absolute Gasteiger partial charge is 0.245 e. The van der Waals surface area contributed by atoms with Crippen LogP contribution in [0.2, 0.25) is 0 Å². The minimum Gasteiger partial charge on any atom is -0.496 e. The Hall–Kier alpha value is -1.55. The van der Waals surface area contributed by atoms with E-state index in [4.69, 9.17) is 9.84 Å². The molecular formula is C14H21NO3. The molecule has 0 aliphatic carbocycles. The van der Waals surface area contributed by atoms with Crippen molar-refractivity contribution in [1.82, 2.24) is 5.32 Å². The second-order valence-corrected chi connectivity index (χ2v) is 4.38. The van der Waals surface area contributed by atoms with Gasteiger partial charge < -0.3 is 15.2 Å². The summed E-state index contributed by atoms with van der Waals surface area (Å²) >= 11 is 0. The van der Waals surface area contributed by atoms with Crippen LogP contribution in [0.15, 0.2) is 6.07 Å². The zero-order valence-corrected chi connectivity index (χ0v) is 11.5. The Morgan fingerprint density at radius 3 is 2.56 bits per heavy atom. The van der Waals surface area contributed by atoms with Gasteiger partial charge in [-0.1, -0.05) is 0 Å². The SMILES string of the molecule is COc1cc(C)c(CCNC(=O)CO)c(C)c1C. The van der Waals surface area contributed by atoms with Gasteiger partial charge in [-0.2, -0.15) is 0 Å². The Balaban J connectivity index is 2.83. The number of hydrogen-bond acceptors (Lipinski definition) is 3. The van der Waals surface area contributed by atoms with Crippen LogP contribution in [-0.2, 0) is 11.2 Å². The maximum atomic E-state index is 11.0. The summed E-state index contributed by atoms with van der Waals surface area (Å²) < 4.78 is 5.32. The third-order valence-electron chi connectivity index (χ3n) is 3.27. The summed E-state index contributed by atoms with van der Waals surface area (Å²) in [6.07, 6.45) is 0.758. The Morgan fingerprint density at radius 1 is 1.33 bits per heavy atom. The molecular weight excluding hydrogens is 230 g/mol. The van der Waals surface area contributed by atoms with Crippen LogP contribution < -0.4 is 10.1 Å². The van der Waals surface area contributed by atoms with Crippen LogP contribution in [0.5, 0.6) is 5.75 Å². The number of aliphatic hydroxyl groups is 1. The Kier molecular flexibility index (Phi) is 5.16. The van der Waals surface area contributed by atoms with Crippen LogP contribution in [0.4, 0.5) is 0 Å². The molecule has 0 atom stereocenters. The molecule has 0 bridgehead atoms. The van der Waals surface area contributed by atoms with Gasteiger partial charge in [-0.25, -0.2) is 0 Å². The quantitative estimate of drug-likeness (QED) is 0.828. The molecule has 0 fully saturated rings. The van der Waals surface area contributed by atoms with E-state index >= 15 is 0 Å². The standard InChI is InChI=1S/C14H21NO3/c1-9-7-13(18-4)11(3)10(2)12(9)5-6-15-14(17)8-16/h7,16H,5-6,8H2,1-4H3,(H,15,17). The minimum atomic E-state index is -0.459. The highest BCUT2D eigenvalue weighted by Crippen LogP contribution is 2.27. The molecule has 100 valence electrons. The van der Waals surface area contributed by atoms with Crippen LogP contribution in [0.25, 0.3) is 0 Å². The average Bonchev–Trinajstić information content (AvgIpc) is 2.37. The Bertz CT molecular complexity index is 441. The molecule has 0 spiro atoms. The van der Waals surface area contributed by atoms with E-state index in [-0.39, 0.29) is 5.91 Å². The van der Waals surface area contributed by atoms with Crippen LogP contribution >= 0.6 is 0 Å². The van der Waals surface area contributed by atoms with Crippen molar-refractivity contribution in [2.24, 2.45) is 0 Å². The van der Waals surface area contributed by atoms with Gasteiger partial charge >= 0.3 is 0 Å². The van der Waals surface area contributed by atoms with Crippen LogP contribution in [0.1, 0.15) is 22.3 Å². The van der Waals surface area contributed by atoms with Gasteiger partial charge in [0.25, 0.3) is 0 Å². The molecule has 4 heteroatoms. The van der Waals surface area contributed by atoms with Crippen molar-refractivity contribution in [1.29, 1.82) is 0 Å². The Morgan fingerprint density at radius 2 is 2.00 bits per heavy atom. The molecule has 1 aromatic carbocycles. The van der Waals surface area contributed by atoms with Gasteiger partial charge in [0, 0.05) is 6.54 Å². The van der Waals surface area contributed by atoms with E-state index in [1.54, 1.807) is 7.11 Å². The highest BCUT2D eigenvalue weighted by Gasteiger charge is 2.10. The van der Waals surface area contributed by atoms with Gasteiger partial charge in [-0.05, 0) is 55.5 Å². The minimum absolute atomic E-state index is 0.337. The summed E-state index contributed by atoms with van der Waals surface area (Å²) in [5, 5.41) is 11.3. The molecule has 0 unspecified atom stereocenters. The van der Waals surface area contributed by atoms with Gasteiger partial charge in [0.2, 0.25) is 5.91 Å². The van der Waals surface area contributed by atoms with Gasteiger partial charge in [0.05, 0.1) is 7.11 Å². The molecule has 0 aliphatic heterocycles. The number of carbonyl (C=O) groups is 1. The fraction of sp³-hybridized carbons (Fsp3) is 0.500. The van der Waals surface area contributed by atoms with E-state index < -0.39 is 6.61 Å². The lowest BCUT2D eigenvalue weighted by atomic mass is 9.95. The van der Waals surface area contributed by atoms with E-state index in [0.717, 1.165) is 23.3 Å². The number of aliphatic hydroxyl groups excluding tert-OH is 1. The molecule has 1 rings (SSSR count). The van der Waals surface area contributed by atoms with Crippen LogP contribution in [0.3, 0.4) is 0 Å². The number of benzene rings is 1. The zero-order chi connectivity index (χ0) is 13.7. The van der Waals surface area contributed by atoms with Crippen molar-refractivity contribution in [3.8, 4) is 5.75 Å². The zero-order valence-electron chi connectivity index (χ0n) is 11.5. The molecule has 0 saturated carbocycles. The van der Waals surface area contributed by atoms with E-state index in [1.165, 1.54) is 11.1 Å². The normalized spacial score (nSPS) is 10.3. The third-order valence-corrected chi connectivity index (χ3v) is 3.27. The first kappa shape index (κ1) is 14.5. The molecule has 1 amide bonds. The van der Waals surface area contributed by atoms with Crippen LogP contribution in [0, 0.1) is 20.8 Å². The van der Waals surface area contributed by atoms with Crippen molar-refractivity contribution < 1.29 is 14.6 Å². The van der Waals surface area contributed by atoms with Crippen molar-refractivity contribution in [2.75, 3.05) is 20.3 Å². The number of ether oxygens (including phenoxy) is 1. The second-order valence-electron chi connectivity index (χ2n) is 4.38. The molecule has 4 nitrogen and oxygen atoms in total. The van der Waals surface area contributed by atoms with E-state index in [9.17, 15) is 4.79 Å². The first-order valence-corrected chi connectivity index (χ1v) is 6.02. The Labute approximate surface area is 108 Å². The van der Waals surface area contributed by atoms with E-state index in [2.05, 4.69) is 12.2 Å². The van der Waals surface area contributed by atoms with Gasteiger partial charge in [0.15, 0.2) is 0 Å². The maximum Gasteiger partial charge on any atom is 0.245 e. The lowest BCUT2D eigenvalue weighted by Crippen LogP contribution is -2.28. The summed E-state index contributed by atoms with van der Waals surface area (Å²) in [5.41, 5.74) is 4.72. The molecule has 2 N–H and O–H groups in total. The van der Waals surface area contributed by atoms with Crippen molar-refractivity contribution in [3.05, 3.63) is 28.3 Å². The summed E-state index contributed by atoms with van der Waals surface area (Å²) in [6, 6.07) is 2.02. The number of nitrogens with one attached hydrogen (secondary N) is 1. The lowest BCUT2D eigenvalue weighted by Gasteiger charge is -2.16. The number of methoxy groups -OCH3 is 1. The fourth-order valence-corrected chi connectivity index (χ4v) is 2.08. The summed E-state index contributed by atoms with van der Waals surface area (Å²) in [4.78, 5) is 11.0. The maximum absolute atomic E-state index is 11.0. The molecule has 18 heavy (non-hydrogen) atoms.